The van der Waals surface area contributed by atoms with Crippen molar-refractivity contribution in [3.05, 3.63) is 69.8 Å². The van der Waals surface area contributed by atoms with Gasteiger partial charge in [0.2, 0.25) is 0 Å². The zero-order chi connectivity index (χ0) is 15.7. The van der Waals surface area contributed by atoms with Gasteiger partial charge >= 0.3 is 0 Å². The van der Waals surface area contributed by atoms with E-state index in [4.69, 9.17) is 23.2 Å². The molecular weight excluding hydrogens is 319 g/mol. The zero-order valence-electron chi connectivity index (χ0n) is 11.9. The molecule has 112 valence electrons. The van der Waals surface area contributed by atoms with E-state index in [1.54, 1.807) is 16.8 Å². The van der Waals surface area contributed by atoms with Crippen molar-refractivity contribution in [2.75, 3.05) is 0 Å². The molecule has 0 spiro atoms. The molecule has 22 heavy (non-hydrogen) atoms. The van der Waals surface area contributed by atoms with Crippen molar-refractivity contribution in [1.29, 1.82) is 0 Å². The molecule has 1 heterocycles. The second-order valence-electron chi connectivity index (χ2n) is 5.02. The van der Waals surface area contributed by atoms with Crippen molar-refractivity contribution in [2.24, 2.45) is 0 Å². The summed E-state index contributed by atoms with van der Waals surface area (Å²) in [5.74, 6) is 0. The van der Waals surface area contributed by atoms with Gasteiger partial charge in [0.25, 0.3) is 0 Å². The fourth-order valence-electron chi connectivity index (χ4n) is 2.38. The lowest BCUT2D eigenvalue weighted by molar-refractivity contribution is 0.282. The van der Waals surface area contributed by atoms with Crippen molar-refractivity contribution < 1.29 is 5.11 Å². The highest BCUT2D eigenvalue weighted by Crippen LogP contribution is 2.32. The zero-order valence-corrected chi connectivity index (χ0v) is 13.4. The quantitative estimate of drug-likeness (QED) is 0.758. The first kappa shape index (κ1) is 15.1. The largest absolute Gasteiger partial charge is 0.392 e. The second kappa shape index (κ2) is 6.13. The Hall–Kier alpha value is -1.81. The Morgan fingerprint density at radius 2 is 1.91 bits per heavy atom. The lowest BCUT2D eigenvalue weighted by Gasteiger charge is -2.05. The third kappa shape index (κ3) is 2.75. The van der Waals surface area contributed by atoms with Crippen LogP contribution in [0, 0.1) is 6.92 Å². The summed E-state index contributed by atoms with van der Waals surface area (Å²) < 4.78 is 1.77. The van der Waals surface area contributed by atoms with E-state index in [0.29, 0.717) is 21.3 Å². The predicted molar refractivity (Wildman–Crippen MR) is 89.7 cm³/mol. The van der Waals surface area contributed by atoms with Crippen LogP contribution in [0.5, 0.6) is 0 Å². The molecule has 1 aromatic heterocycles. The topological polar surface area (TPSA) is 38.0 Å². The van der Waals surface area contributed by atoms with Crippen LogP contribution in [0.4, 0.5) is 0 Å². The van der Waals surface area contributed by atoms with E-state index in [0.717, 1.165) is 16.8 Å². The number of aromatic nitrogens is 2. The Bertz CT molecular complexity index is 827. The number of aliphatic hydroxyl groups excluding tert-OH is 1. The van der Waals surface area contributed by atoms with Gasteiger partial charge in [-0.05, 0) is 36.8 Å². The highest BCUT2D eigenvalue weighted by atomic mass is 35.5. The van der Waals surface area contributed by atoms with Crippen LogP contribution in [0.3, 0.4) is 0 Å². The fraction of sp³-hybridized carbons (Fsp3) is 0.118. The normalized spacial score (nSPS) is 10.9. The number of para-hydroxylation sites is 1. The number of hydrogen-bond acceptors (Lipinski definition) is 2. The molecule has 0 aliphatic rings. The van der Waals surface area contributed by atoms with Gasteiger partial charge in [-0.2, -0.15) is 5.10 Å². The van der Waals surface area contributed by atoms with Gasteiger partial charge in [-0.25, -0.2) is 4.68 Å². The Labute approximate surface area is 138 Å². The van der Waals surface area contributed by atoms with Gasteiger partial charge < -0.3 is 5.11 Å². The van der Waals surface area contributed by atoms with Crippen LogP contribution < -0.4 is 0 Å². The molecule has 0 saturated heterocycles. The minimum atomic E-state index is -0.111. The molecule has 2 aromatic carbocycles. The molecule has 0 bridgehead atoms. The third-order valence-electron chi connectivity index (χ3n) is 3.51. The number of rotatable bonds is 3. The molecule has 0 aliphatic heterocycles. The molecular formula is C17H14Cl2N2O. The molecule has 0 atom stereocenters. The lowest BCUT2D eigenvalue weighted by Crippen LogP contribution is -1.97. The Kier molecular flexibility index (Phi) is 4.21. The molecule has 0 saturated carbocycles. The van der Waals surface area contributed by atoms with Crippen molar-refractivity contribution in [2.45, 2.75) is 13.5 Å². The van der Waals surface area contributed by atoms with Crippen molar-refractivity contribution in [3.8, 4) is 16.9 Å². The Balaban J connectivity index is 2.15. The molecule has 0 unspecified atom stereocenters. The first-order valence-electron chi connectivity index (χ1n) is 6.81. The number of aliphatic hydroxyl groups is 1. The summed E-state index contributed by atoms with van der Waals surface area (Å²) in [4.78, 5) is 0. The minimum absolute atomic E-state index is 0.111. The van der Waals surface area contributed by atoms with Gasteiger partial charge in [0.15, 0.2) is 0 Å². The van der Waals surface area contributed by atoms with Gasteiger partial charge in [-0.1, -0.05) is 41.4 Å². The van der Waals surface area contributed by atoms with E-state index in [2.05, 4.69) is 5.10 Å². The molecule has 5 heteroatoms. The van der Waals surface area contributed by atoms with E-state index < -0.39 is 0 Å². The molecule has 0 fully saturated rings. The molecule has 3 nitrogen and oxygen atoms in total. The fourth-order valence-corrected chi connectivity index (χ4v) is 2.88. The summed E-state index contributed by atoms with van der Waals surface area (Å²) in [5, 5.41) is 15.3. The molecule has 0 radical (unpaired) electrons. The maximum atomic E-state index is 9.63. The van der Waals surface area contributed by atoms with Gasteiger partial charge in [-0.3, -0.25) is 0 Å². The number of aryl methyl sites for hydroxylation is 1. The van der Waals surface area contributed by atoms with Gasteiger partial charge in [0, 0.05) is 22.3 Å². The molecule has 0 amide bonds. The maximum absolute atomic E-state index is 9.63. The number of nitrogens with zero attached hydrogens (tertiary/aromatic N) is 2. The molecule has 0 aliphatic carbocycles. The summed E-state index contributed by atoms with van der Waals surface area (Å²) in [7, 11) is 0. The lowest BCUT2D eigenvalue weighted by atomic mass is 10.1. The van der Waals surface area contributed by atoms with Crippen LogP contribution in [0.1, 0.15) is 11.1 Å². The van der Waals surface area contributed by atoms with E-state index in [1.165, 1.54) is 0 Å². The summed E-state index contributed by atoms with van der Waals surface area (Å²) in [6, 6.07) is 13.2. The van der Waals surface area contributed by atoms with Crippen molar-refractivity contribution in [1.82, 2.24) is 9.78 Å². The van der Waals surface area contributed by atoms with E-state index in [-0.39, 0.29) is 6.61 Å². The molecule has 3 rings (SSSR count). The number of hydrogen-bond donors (Lipinski definition) is 1. The predicted octanol–water partition coefficient (Wildman–Crippen LogP) is 4.65. The maximum Gasteiger partial charge on any atom is 0.0997 e. The van der Waals surface area contributed by atoms with Crippen LogP contribution >= 0.6 is 23.2 Å². The van der Waals surface area contributed by atoms with E-state index in [1.807, 2.05) is 43.5 Å². The first-order chi connectivity index (χ1) is 10.6. The standard InChI is InChI=1S/C17H14Cl2N2O/c1-11-4-2-3-5-16(11)21-9-12(10-22)17(20-21)14-7-6-13(18)8-15(14)19/h2-9,22H,10H2,1H3. The van der Waals surface area contributed by atoms with Crippen molar-refractivity contribution in [3.63, 3.8) is 0 Å². The van der Waals surface area contributed by atoms with Crippen LogP contribution in [0.15, 0.2) is 48.7 Å². The van der Waals surface area contributed by atoms with Crippen LogP contribution in [0.2, 0.25) is 10.0 Å². The number of benzene rings is 2. The average Bonchev–Trinajstić information content (AvgIpc) is 2.91. The van der Waals surface area contributed by atoms with Crippen LogP contribution in [-0.2, 0) is 6.61 Å². The SMILES string of the molecule is Cc1ccccc1-n1cc(CO)c(-c2ccc(Cl)cc2Cl)n1. The van der Waals surface area contributed by atoms with Crippen molar-refractivity contribution >= 4 is 23.2 Å². The minimum Gasteiger partial charge on any atom is -0.392 e. The summed E-state index contributed by atoms with van der Waals surface area (Å²) in [6.07, 6.45) is 1.82. The summed E-state index contributed by atoms with van der Waals surface area (Å²) >= 11 is 12.2. The van der Waals surface area contributed by atoms with Gasteiger partial charge in [0.05, 0.1) is 23.0 Å². The molecule has 1 N–H and O–H groups in total. The highest BCUT2D eigenvalue weighted by Gasteiger charge is 2.15. The first-order valence-corrected chi connectivity index (χ1v) is 7.56. The average molecular weight is 333 g/mol. The third-order valence-corrected chi connectivity index (χ3v) is 4.06. The van der Waals surface area contributed by atoms with Gasteiger partial charge in [0.1, 0.15) is 0 Å². The monoisotopic (exact) mass is 332 g/mol. The van der Waals surface area contributed by atoms with Crippen LogP contribution in [-0.4, -0.2) is 14.9 Å². The molecule has 3 aromatic rings. The van der Waals surface area contributed by atoms with Crippen LogP contribution in [0.25, 0.3) is 16.9 Å². The summed E-state index contributed by atoms with van der Waals surface area (Å²) in [5.41, 5.74) is 4.19. The van der Waals surface area contributed by atoms with E-state index >= 15 is 0 Å². The van der Waals surface area contributed by atoms with Gasteiger partial charge in [-0.15, -0.1) is 0 Å². The highest BCUT2D eigenvalue weighted by molar-refractivity contribution is 6.36. The smallest absolute Gasteiger partial charge is 0.0997 e. The number of halogens is 2. The van der Waals surface area contributed by atoms with E-state index in [9.17, 15) is 5.11 Å². The second-order valence-corrected chi connectivity index (χ2v) is 5.86. The summed E-state index contributed by atoms with van der Waals surface area (Å²) in [6.45, 7) is 1.91. The Morgan fingerprint density at radius 3 is 2.59 bits per heavy atom. The Morgan fingerprint density at radius 1 is 1.14 bits per heavy atom.